The highest BCUT2D eigenvalue weighted by Gasteiger charge is 2.22. The van der Waals surface area contributed by atoms with Gasteiger partial charge in [0.05, 0.1) is 25.8 Å². The molecule has 1 saturated heterocycles. The van der Waals surface area contributed by atoms with Crippen molar-refractivity contribution >= 4 is 5.96 Å². The summed E-state index contributed by atoms with van der Waals surface area (Å²) in [7, 11) is 0. The van der Waals surface area contributed by atoms with Gasteiger partial charge in [-0.05, 0) is 39.2 Å². The molecule has 0 aromatic heterocycles. The molecule has 6 heteroatoms. The zero-order valence-electron chi connectivity index (χ0n) is 17.9. The number of rotatable bonds is 11. The average Bonchev–Trinajstić information content (AvgIpc) is 2.72. The lowest BCUT2D eigenvalue weighted by Gasteiger charge is -2.34. The smallest absolute Gasteiger partial charge is 0.191 e. The van der Waals surface area contributed by atoms with Crippen LogP contribution in [0.5, 0.6) is 0 Å². The monoisotopic (exact) mass is 390 g/mol. The van der Waals surface area contributed by atoms with Gasteiger partial charge in [-0.3, -0.25) is 9.89 Å². The van der Waals surface area contributed by atoms with Gasteiger partial charge in [0.2, 0.25) is 0 Å². The zero-order chi connectivity index (χ0) is 20.0. The average molecular weight is 391 g/mol. The van der Waals surface area contributed by atoms with Gasteiger partial charge in [-0.25, -0.2) is 0 Å². The van der Waals surface area contributed by atoms with Crippen LogP contribution >= 0.6 is 0 Å². The third-order valence-electron chi connectivity index (χ3n) is 4.93. The minimum absolute atomic E-state index is 0.276. The third kappa shape index (κ3) is 8.17. The van der Waals surface area contributed by atoms with E-state index in [1.165, 1.54) is 11.1 Å². The molecular weight excluding hydrogens is 352 g/mol. The van der Waals surface area contributed by atoms with Crippen LogP contribution in [0.25, 0.3) is 0 Å². The normalized spacial score (nSPS) is 16.8. The minimum Gasteiger partial charge on any atom is -0.382 e. The largest absolute Gasteiger partial charge is 0.382 e. The van der Waals surface area contributed by atoms with Crippen molar-refractivity contribution in [2.75, 3.05) is 59.2 Å². The molecule has 0 amide bonds. The van der Waals surface area contributed by atoms with E-state index in [-0.39, 0.29) is 6.04 Å². The number of ether oxygens (including phenoxy) is 2. The van der Waals surface area contributed by atoms with Gasteiger partial charge >= 0.3 is 0 Å². The first-order valence-corrected chi connectivity index (χ1v) is 10.7. The van der Waals surface area contributed by atoms with E-state index >= 15 is 0 Å². The lowest BCUT2D eigenvalue weighted by molar-refractivity contribution is 0.0179. The number of hydrogen-bond acceptors (Lipinski definition) is 4. The standard InChI is InChI=1S/C22H38N4O2/c1-4-23-22(24-12-6-7-15-27-5-2)25-18-21(26-13-16-28-17-14-26)20-10-8-19(3)9-11-20/h8-11,21H,4-7,12-18H2,1-3H3,(H2,23,24,25). The topological polar surface area (TPSA) is 58.1 Å². The number of hydrogen-bond donors (Lipinski definition) is 2. The van der Waals surface area contributed by atoms with E-state index in [4.69, 9.17) is 14.5 Å². The van der Waals surface area contributed by atoms with E-state index in [0.717, 1.165) is 78.0 Å². The lowest BCUT2D eigenvalue weighted by Crippen LogP contribution is -2.42. The SMILES string of the molecule is CCNC(=NCC(c1ccc(C)cc1)N1CCOCC1)NCCCCOCC. The predicted molar refractivity (Wildman–Crippen MR) is 116 cm³/mol. The van der Waals surface area contributed by atoms with Crippen molar-refractivity contribution in [2.45, 2.75) is 39.7 Å². The van der Waals surface area contributed by atoms with E-state index in [2.05, 4.69) is 53.6 Å². The van der Waals surface area contributed by atoms with Gasteiger partial charge in [-0.15, -0.1) is 0 Å². The van der Waals surface area contributed by atoms with E-state index in [1.54, 1.807) is 0 Å². The summed E-state index contributed by atoms with van der Waals surface area (Å²) in [6.07, 6.45) is 2.15. The molecule has 0 bridgehead atoms. The second kappa shape index (κ2) is 13.5. The molecule has 0 radical (unpaired) electrons. The van der Waals surface area contributed by atoms with Crippen molar-refractivity contribution in [3.63, 3.8) is 0 Å². The Labute approximate surface area is 170 Å². The number of aryl methyl sites for hydroxylation is 1. The van der Waals surface area contributed by atoms with Crippen molar-refractivity contribution in [3.05, 3.63) is 35.4 Å². The van der Waals surface area contributed by atoms with Crippen molar-refractivity contribution in [3.8, 4) is 0 Å². The van der Waals surface area contributed by atoms with Gasteiger partial charge in [0.1, 0.15) is 0 Å². The Morgan fingerprint density at radius 3 is 2.57 bits per heavy atom. The van der Waals surface area contributed by atoms with Gasteiger partial charge in [0.15, 0.2) is 5.96 Å². The Balaban J connectivity index is 1.97. The second-order valence-electron chi connectivity index (χ2n) is 7.13. The molecule has 2 N–H and O–H groups in total. The molecule has 1 aromatic carbocycles. The fraction of sp³-hybridized carbons (Fsp3) is 0.682. The fourth-order valence-corrected chi connectivity index (χ4v) is 3.31. The van der Waals surface area contributed by atoms with Crippen LogP contribution < -0.4 is 10.6 Å². The quantitative estimate of drug-likeness (QED) is 0.346. The summed E-state index contributed by atoms with van der Waals surface area (Å²) in [6.45, 7) is 13.9. The number of morpholine rings is 1. The Morgan fingerprint density at radius 2 is 1.89 bits per heavy atom. The number of benzene rings is 1. The van der Waals surface area contributed by atoms with Gasteiger partial charge in [0, 0.05) is 39.4 Å². The van der Waals surface area contributed by atoms with Crippen LogP contribution in [0.15, 0.2) is 29.3 Å². The Kier molecular flexibility index (Phi) is 10.9. The molecule has 1 heterocycles. The summed E-state index contributed by atoms with van der Waals surface area (Å²) >= 11 is 0. The van der Waals surface area contributed by atoms with Crippen molar-refractivity contribution < 1.29 is 9.47 Å². The molecule has 2 rings (SSSR count). The van der Waals surface area contributed by atoms with Crippen LogP contribution in [0.4, 0.5) is 0 Å². The highest BCUT2D eigenvalue weighted by atomic mass is 16.5. The molecule has 158 valence electrons. The van der Waals surface area contributed by atoms with Crippen molar-refractivity contribution in [1.29, 1.82) is 0 Å². The van der Waals surface area contributed by atoms with E-state index in [1.807, 2.05) is 6.92 Å². The summed E-state index contributed by atoms with van der Waals surface area (Å²) in [5, 5.41) is 6.82. The highest BCUT2D eigenvalue weighted by molar-refractivity contribution is 5.79. The molecule has 1 aliphatic rings. The van der Waals surface area contributed by atoms with E-state index in [9.17, 15) is 0 Å². The maximum atomic E-state index is 5.55. The van der Waals surface area contributed by atoms with Crippen molar-refractivity contribution in [1.82, 2.24) is 15.5 Å². The second-order valence-corrected chi connectivity index (χ2v) is 7.13. The summed E-state index contributed by atoms with van der Waals surface area (Å²) in [6, 6.07) is 9.12. The Hall–Kier alpha value is -1.63. The molecule has 1 aromatic rings. The first-order valence-electron chi connectivity index (χ1n) is 10.7. The molecule has 0 spiro atoms. The Bertz CT molecular complexity index is 556. The van der Waals surface area contributed by atoms with Crippen molar-refractivity contribution in [2.24, 2.45) is 4.99 Å². The van der Waals surface area contributed by atoms with Crippen LogP contribution in [0, 0.1) is 6.92 Å². The summed E-state index contributed by atoms with van der Waals surface area (Å²) in [5.41, 5.74) is 2.61. The first-order chi connectivity index (χ1) is 13.7. The molecule has 0 saturated carbocycles. The first kappa shape index (κ1) is 22.7. The zero-order valence-corrected chi connectivity index (χ0v) is 17.9. The highest BCUT2D eigenvalue weighted by Crippen LogP contribution is 2.22. The van der Waals surface area contributed by atoms with Crippen LogP contribution in [-0.2, 0) is 9.47 Å². The molecule has 1 aliphatic heterocycles. The summed E-state index contributed by atoms with van der Waals surface area (Å²) in [4.78, 5) is 7.39. The number of unbranched alkanes of at least 4 members (excludes halogenated alkanes) is 1. The van der Waals surface area contributed by atoms with Gasteiger partial charge in [-0.2, -0.15) is 0 Å². The van der Waals surface area contributed by atoms with Gasteiger partial charge in [-0.1, -0.05) is 29.8 Å². The van der Waals surface area contributed by atoms with Crippen LogP contribution in [0.3, 0.4) is 0 Å². The fourth-order valence-electron chi connectivity index (χ4n) is 3.31. The molecule has 1 atom stereocenters. The predicted octanol–water partition coefficient (Wildman–Crippen LogP) is 2.74. The van der Waals surface area contributed by atoms with E-state index in [0.29, 0.717) is 0 Å². The number of nitrogens with one attached hydrogen (secondary N) is 2. The van der Waals surface area contributed by atoms with Gasteiger partial charge in [0.25, 0.3) is 0 Å². The van der Waals surface area contributed by atoms with Crippen LogP contribution in [0.1, 0.15) is 43.9 Å². The lowest BCUT2D eigenvalue weighted by atomic mass is 10.0. The molecule has 0 aliphatic carbocycles. The number of guanidine groups is 1. The Morgan fingerprint density at radius 1 is 1.14 bits per heavy atom. The van der Waals surface area contributed by atoms with E-state index < -0.39 is 0 Å². The van der Waals surface area contributed by atoms with Crippen LogP contribution in [-0.4, -0.2) is 70.0 Å². The molecular formula is C22H38N4O2. The molecule has 28 heavy (non-hydrogen) atoms. The minimum atomic E-state index is 0.276. The maximum Gasteiger partial charge on any atom is 0.191 e. The number of nitrogens with zero attached hydrogens (tertiary/aromatic N) is 2. The summed E-state index contributed by atoms with van der Waals surface area (Å²) < 4.78 is 11.0. The molecule has 6 nitrogen and oxygen atoms in total. The maximum absolute atomic E-state index is 5.55. The number of aliphatic imine (C=N–C) groups is 1. The molecule has 1 unspecified atom stereocenters. The molecule has 1 fully saturated rings. The third-order valence-corrected chi connectivity index (χ3v) is 4.93. The van der Waals surface area contributed by atoms with Crippen LogP contribution in [0.2, 0.25) is 0 Å². The van der Waals surface area contributed by atoms with Gasteiger partial charge < -0.3 is 20.1 Å². The summed E-state index contributed by atoms with van der Waals surface area (Å²) in [5.74, 6) is 0.893.